The van der Waals surface area contributed by atoms with Crippen LogP contribution < -0.4 is 18.9 Å². The van der Waals surface area contributed by atoms with Gasteiger partial charge in [0.2, 0.25) is 13.6 Å². The van der Waals surface area contributed by atoms with E-state index in [1.807, 2.05) is 0 Å². The Hall–Kier alpha value is -5.38. The molecule has 2 atom stereocenters. The van der Waals surface area contributed by atoms with E-state index in [9.17, 15) is 19.2 Å². The van der Waals surface area contributed by atoms with E-state index in [-0.39, 0.29) is 25.4 Å². The number of esters is 4. The molecule has 1 fully saturated rings. The molecule has 2 aliphatic rings. The van der Waals surface area contributed by atoms with Gasteiger partial charge in [0.25, 0.3) is 0 Å². The molecule has 0 amide bonds. The number of fused-ring (bicyclic) bond motifs is 5. The summed E-state index contributed by atoms with van der Waals surface area (Å²) in [4.78, 5) is 48.2. The second-order valence-corrected chi connectivity index (χ2v) is 9.78. The summed E-state index contributed by atoms with van der Waals surface area (Å²) in [5.41, 5.74) is 2.43. The molecule has 1 saturated carbocycles. The molecule has 0 heterocycles. The van der Waals surface area contributed by atoms with Gasteiger partial charge in [-0.1, -0.05) is 13.2 Å². The predicted molar refractivity (Wildman–Crippen MR) is 152 cm³/mol. The quantitative estimate of drug-likeness (QED) is 0.115. The Morgan fingerprint density at radius 1 is 0.628 bits per heavy atom. The lowest BCUT2D eigenvalue weighted by Crippen LogP contribution is -2.14. The molecule has 2 aliphatic carbocycles. The van der Waals surface area contributed by atoms with Crippen LogP contribution >= 0.6 is 0 Å². The minimum atomic E-state index is -0.603. The summed E-state index contributed by atoms with van der Waals surface area (Å²) in [7, 11) is 0. The molecule has 2 bridgehead atoms. The fourth-order valence-electron chi connectivity index (χ4n) is 5.24. The van der Waals surface area contributed by atoms with Crippen molar-refractivity contribution in [3.05, 3.63) is 108 Å². The molecule has 0 radical (unpaired) electrons. The lowest BCUT2D eigenvalue weighted by Gasteiger charge is -2.21. The Kier molecular flexibility index (Phi) is 8.85. The molecule has 10 nitrogen and oxygen atoms in total. The van der Waals surface area contributed by atoms with Crippen molar-refractivity contribution < 1.29 is 47.6 Å². The summed E-state index contributed by atoms with van der Waals surface area (Å²) in [6.45, 7) is 6.06. The van der Waals surface area contributed by atoms with Crippen LogP contribution in [0.1, 0.15) is 62.9 Å². The SMILES string of the molecule is C=CC(=O)OCOc1ccc(C(=O)Oc2ccc(OC(=O)c3ccc(OCOC(=O)C=C)cc3)c3c2C2CC[C@@H]3C2)cc1. The molecule has 3 aromatic carbocycles. The van der Waals surface area contributed by atoms with Gasteiger partial charge in [-0.25, -0.2) is 19.2 Å². The van der Waals surface area contributed by atoms with Gasteiger partial charge >= 0.3 is 23.9 Å². The number of ether oxygens (including phenoxy) is 6. The first kappa shape index (κ1) is 29.1. The van der Waals surface area contributed by atoms with Crippen molar-refractivity contribution in [2.45, 2.75) is 31.1 Å². The van der Waals surface area contributed by atoms with Gasteiger partial charge in [-0.15, -0.1) is 0 Å². The molecule has 5 rings (SSSR count). The number of carbonyl (C=O) groups is 4. The van der Waals surface area contributed by atoms with E-state index in [0.29, 0.717) is 34.1 Å². The summed E-state index contributed by atoms with van der Waals surface area (Å²) in [5.74, 6) is -0.152. The van der Waals surface area contributed by atoms with Crippen LogP contribution in [0.15, 0.2) is 86.0 Å². The van der Waals surface area contributed by atoms with Crippen molar-refractivity contribution in [3.63, 3.8) is 0 Å². The van der Waals surface area contributed by atoms with Crippen LogP contribution in [0.4, 0.5) is 0 Å². The standard InChI is InChI=1S/C33H28O10/c1-3-28(34)40-18-38-24-11-7-20(8-12-24)32(36)42-26-15-16-27(31-23-6-5-22(17-23)30(26)31)43-33(37)21-9-13-25(14-10-21)39-19-41-29(35)4-2/h3-4,7-16,22-23H,1-2,5-6,17-19H2/t22-,23?/m1/s1. The van der Waals surface area contributed by atoms with E-state index in [0.717, 1.165) is 42.5 Å². The van der Waals surface area contributed by atoms with Crippen LogP contribution in [0.5, 0.6) is 23.0 Å². The van der Waals surface area contributed by atoms with E-state index in [2.05, 4.69) is 13.2 Å². The summed E-state index contributed by atoms with van der Waals surface area (Å²) >= 11 is 0. The van der Waals surface area contributed by atoms with E-state index < -0.39 is 23.9 Å². The fraction of sp³-hybridized carbons (Fsp3) is 0.212. The lowest BCUT2D eigenvalue weighted by atomic mass is 9.90. The van der Waals surface area contributed by atoms with Gasteiger partial charge in [0.1, 0.15) is 23.0 Å². The predicted octanol–water partition coefficient (Wildman–Crippen LogP) is 5.62. The smallest absolute Gasteiger partial charge is 0.343 e. The Morgan fingerprint density at radius 3 is 1.40 bits per heavy atom. The average Bonchev–Trinajstić information content (AvgIpc) is 3.66. The Balaban J connectivity index is 1.25. The van der Waals surface area contributed by atoms with Crippen molar-refractivity contribution in [1.82, 2.24) is 0 Å². The monoisotopic (exact) mass is 584 g/mol. The third-order valence-electron chi connectivity index (χ3n) is 7.23. The van der Waals surface area contributed by atoms with Crippen LogP contribution in [0.2, 0.25) is 0 Å². The number of carbonyl (C=O) groups excluding carboxylic acids is 4. The van der Waals surface area contributed by atoms with Gasteiger partial charge in [-0.3, -0.25) is 0 Å². The summed E-state index contributed by atoms with van der Waals surface area (Å²) < 4.78 is 31.9. The molecule has 1 unspecified atom stereocenters. The summed E-state index contributed by atoms with van der Waals surface area (Å²) in [6, 6.07) is 15.8. The Morgan fingerprint density at radius 2 is 1.02 bits per heavy atom. The van der Waals surface area contributed by atoms with Crippen molar-refractivity contribution in [1.29, 1.82) is 0 Å². The molecule has 3 aromatic rings. The zero-order valence-electron chi connectivity index (χ0n) is 23.1. The molecule has 10 heteroatoms. The third-order valence-corrected chi connectivity index (χ3v) is 7.23. The van der Waals surface area contributed by atoms with E-state index >= 15 is 0 Å². The molecular formula is C33H28O10. The van der Waals surface area contributed by atoms with Gasteiger partial charge in [0, 0.05) is 23.3 Å². The number of hydrogen-bond donors (Lipinski definition) is 0. The van der Waals surface area contributed by atoms with Gasteiger partial charge < -0.3 is 28.4 Å². The van der Waals surface area contributed by atoms with Crippen LogP contribution in [0.3, 0.4) is 0 Å². The maximum Gasteiger partial charge on any atom is 0.343 e. The normalized spacial score (nSPS) is 15.9. The van der Waals surface area contributed by atoms with E-state index in [1.165, 1.54) is 0 Å². The Labute approximate surface area is 247 Å². The molecule has 220 valence electrons. The highest BCUT2D eigenvalue weighted by Crippen LogP contribution is 2.58. The molecule has 0 aromatic heterocycles. The van der Waals surface area contributed by atoms with Gasteiger partial charge in [-0.05, 0) is 91.8 Å². The Bertz CT molecular complexity index is 1440. The molecule has 0 spiro atoms. The number of benzene rings is 3. The van der Waals surface area contributed by atoms with Gasteiger partial charge in [0.05, 0.1) is 11.1 Å². The van der Waals surface area contributed by atoms with Crippen LogP contribution in [0, 0.1) is 0 Å². The van der Waals surface area contributed by atoms with Crippen molar-refractivity contribution >= 4 is 23.9 Å². The van der Waals surface area contributed by atoms with Gasteiger partial charge in [0.15, 0.2) is 0 Å². The maximum atomic E-state index is 13.0. The van der Waals surface area contributed by atoms with Crippen LogP contribution in [0.25, 0.3) is 0 Å². The largest absolute Gasteiger partial charge is 0.457 e. The number of rotatable bonds is 12. The van der Waals surface area contributed by atoms with Crippen LogP contribution in [-0.4, -0.2) is 37.5 Å². The first-order valence-electron chi connectivity index (χ1n) is 13.5. The van der Waals surface area contributed by atoms with E-state index in [1.54, 1.807) is 60.7 Å². The number of hydrogen-bond acceptors (Lipinski definition) is 10. The molecule has 43 heavy (non-hydrogen) atoms. The molecule has 0 aliphatic heterocycles. The average molecular weight is 585 g/mol. The molecule has 0 N–H and O–H groups in total. The highest BCUT2D eigenvalue weighted by molar-refractivity contribution is 5.92. The van der Waals surface area contributed by atoms with E-state index in [4.69, 9.17) is 28.4 Å². The maximum absolute atomic E-state index is 13.0. The van der Waals surface area contributed by atoms with Crippen molar-refractivity contribution in [2.24, 2.45) is 0 Å². The topological polar surface area (TPSA) is 124 Å². The first-order valence-corrected chi connectivity index (χ1v) is 13.5. The second-order valence-electron chi connectivity index (χ2n) is 9.78. The van der Waals surface area contributed by atoms with Crippen LogP contribution in [-0.2, 0) is 19.1 Å². The second kappa shape index (κ2) is 13.1. The van der Waals surface area contributed by atoms with Gasteiger partial charge in [-0.2, -0.15) is 0 Å². The molecular weight excluding hydrogens is 556 g/mol. The summed E-state index contributed by atoms with van der Waals surface area (Å²) in [5, 5.41) is 0. The zero-order valence-corrected chi connectivity index (χ0v) is 23.1. The van der Waals surface area contributed by atoms with Crippen molar-refractivity contribution in [3.8, 4) is 23.0 Å². The summed E-state index contributed by atoms with van der Waals surface area (Å²) in [6.07, 6.45) is 4.90. The highest BCUT2D eigenvalue weighted by atomic mass is 16.7. The zero-order chi connectivity index (χ0) is 30.3. The van der Waals surface area contributed by atoms with Crippen molar-refractivity contribution in [2.75, 3.05) is 13.6 Å². The first-order chi connectivity index (χ1) is 20.9. The molecule has 0 saturated heterocycles. The minimum absolute atomic E-state index is 0.210. The third kappa shape index (κ3) is 6.75. The lowest BCUT2D eigenvalue weighted by molar-refractivity contribution is -0.145. The fourth-order valence-corrected chi connectivity index (χ4v) is 5.24. The highest BCUT2D eigenvalue weighted by Gasteiger charge is 2.42. The minimum Gasteiger partial charge on any atom is -0.457 e.